The van der Waals surface area contributed by atoms with Gasteiger partial charge in [0.2, 0.25) is 5.91 Å². The summed E-state index contributed by atoms with van der Waals surface area (Å²) < 4.78 is 13.1. The van der Waals surface area contributed by atoms with Crippen molar-refractivity contribution in [3.63, 3.8) is 0 Å². The molecule has 1 saturated heterocycles. The van der Waals surface area contributed by atoms with E-state index in [1.54, 1.807) is 17.0 Å². The maximum absolute atomic E-state index is 13.1. The molecule has 1 aromatic rings. The summed E-state index contributed by atoms with van der Waals surface area (Å²) in [6.07, 6.45) is 2.57. The van der Waals surface area contributed by atoms with Crippen molar-refractivity contribution in [2.75, 3.05) is 13.1 Å². The second-order valence-corrected chi connectivity index (χ2v) is 6.13. The standard InChI is InChI=1S/C16H18FNO3/c17-13-5-1-3-11(7-13)8-14(19)18-9-12-4-2-6-16(12,10-18)15(20)21/h1,3,5,7,12H,2,4,6,8-10H2,(H,20,21)/t12-,16+/m0/s1. The number of aliphatic carboxylic acids is 1. The van der Waals surface area contributed by atoms with Gasteiger partial charge in [0.1, 0.15) is 5.82 Å². The van der Waals surface area contributed by atoms with E-state index in [0.717, 1.165) is 12.8 Å². The Morgan fingerprint density at radius 1 is 1.43 bits per heavy atom. The number of carboxylic acid groups (broad SMARTS) is 1. The third-order valence-electron chi connectivity index (χ3n) is 4.89. The van der Waals surface area contributed by atoms with Crippen LogP contribution in [0.1, 0.15) is 24.8 Å². The molecule has 1 N–H and O–H groups in total. The molecule has 2 aliphatic rings. The van der Waals surface area contributed by atoms with E-state index < -0.39 is 11.4 Å². The minimum absolute atomic E-state index is 0.0615. The van der Waals surface area contributed by atoms with Crippen LogP contribution in [0.4, 0.5) is 4.39 Å². The normalized spacial score (nSPS) is 27.7. The Bertz CT molecular complexity index is 589. The van der Waals surface area contributed by atoms with Crippen molar-refractivity contribution in [2.45, 2.75) is 25.7 Å². The van der Waals surface area contributed by atoms with Gasteiger partial charge in [0.25, 0.3) is 0 Å². The highest BCUT2D eigenvalue weighted by Gasteiger charge is 2.55. The van der Waals surface area contributed by atoms with Gasteiger partial charge in [-0.15, -0.1) is 0 Å². The Morgan fingerprint density at radius 3 is 2.90 bits per heavy atom. The number of carboxylic acids is 1. The Balaban J connectivity index is 1.71. The van der Waals surface area contributed by atoms with Crippen LogP contribution in [0.2, 0.25) is 0 Å². The van der Waals surface area contributed by atoms with Gasteiger partial charge in [-0.2, -0.15) is 0 Å². The fraction of sp³-hybridized carbons (Fsp3) is 0.500. The van der Waals surface area contributed by atoms with Crippen LogP contribution in [0.3, 0.4) is 0 Å². The van der Waals surface area contributed by atoms with Gasteiger partial charge in [0.05, 0.1) is 11.8 Å². The van der Waals surface area contributed by atoms with Gasteiger partial charge >= 0.3 is 5.97 Å². The van der Waals surface area contributed by atoms with Crippen molar-refractivity contribution in [2.24, 2.45) is 11.3 Å². The topological polar surface area (TPSA) is 57.6 Å². The maximum Gasteiger partial charge on any atom is 0.311 e. The van der Waals surface area contributed by atoms with Crippen molar-refractivity contribution in [1.82, 2.24) is 4.90 Å². The fourth-order valence-corrected chi connectivity index (χ4v) is 3.76. The van der Waals surface area contributed by atoms with Crippen molar-refractivity contribution >= 4 is 11.9 Å². The number of benzene rings is 1. The summed E-state index contributed by atoms with van der Waals surface area (Å²) in [5, 5.41) is 9.51. The maximum atomic E-state index is 13.1. The van der Waals surface area contributed by atoms with E-state index in [1.165, 1.54) is 12.1 Å². The van der Waals surface area contributed by atoms with Gasteiger partial charge in [-0.1, -0.05) is 18.6 Å². The molecule has 21 heavy (non-hydrogen) atoms. The first-order valence-electron chi connectivity index (χ1n) is 7.27. The molecule has 1 aliphatic carbocycles. The molecule has 0 aromatic heterocycles. The largest absolute Gasteiger partial charge is 0.481 e. The van der Waals surface area contributed by atoms with Crippen LogP contribution in [0.25, 0.3) is 0 Å². The summed E-state index contributed by atoms with van der Waals surface area (Å²) in [7, 11) is 0. The highest BCUT2D eigenvalue weighted by atomic mass is 19.1. The number of carbonyl (C=O) groups is 2. The van der Waals surface area contributed by atoms with Gasteiger partial charge < -0.3 is 10.0 Å². The molecule has 0 bridgehead atoms. The lowest BCUT2D eigenvalue weighted by Gasteiger charge is -2.23. The SMILES string of the molecule is O=C(Cc1cccc(F)c1)N1C[C@@H]2CCC[C@@]2(C(=O)O)C1. The summed E-state index contributed by atoms with van der Waals surface area (Å²) in [5.74, 6) is -1.20. The predicted molar refractivity (Wildman–Crippen MR) is 74.1 cm³/mol. The highest BCUT2D eigenvalue weighted by Crippen LogP contribution is 2.48. The van der Waals surface area contributed by atoms with Gasteiger partial charge in [-0.05, 0) is 36.5 Å². The number of fused-ring (bicyclic) bond motifs is 1. The highest BCUT2D eigenvalue weighted by molar-refractivity contribution is 5.82. The van der Waals surface area contributed by atoms with Crippen LogP contribution in [-0.2, 0) is 16.0 Å². The fourth-order valence-electron chi connectivity index (χ4n) is 3.76. The number of amides is 1. The van der Waals surface area contributed by atoms with Gasteiger partial charge in [-0.25, -0.2) is 4.39 Å². The first-order valence-corrected chi connectivity index (χ1v) is 7.27. The van der Waals surface area contributed by atoms with Gasteiger partial charge in [0.15, 0.2) is 0 Å². The average Bonchev–Trinajstić information content (AvgIpc) is 2.95. The van der Waals surface area contributed by atoms with E-state index in [1.807, 2.05) is 0 Å². The summed E-state index contributed by atoms with van der Waals surface area (Å²) in [6, 6.07) is 5.98. The average molecular weight is 291 g/mol. The van der Waals surface area contributed by atoms with Crippen molar-refractivity contribution < 1.29 is 19.1 Å². The zero-order valence-corrected chi connectivity index (χ0v) is 11.7. The van der Waals surface area contributed by atoms with E-state index in [2.05, 4.69) is 0 Å². The Kier molecular flexibility index (Phi) is 3.43. The summed E-state index contributed by atoms with van der Waals surface area (Å²) >= 11 is 0. The van der Waals surface area contributed by atoms with E-state index in [4.69, 9.17) is 0 Å². The number of likely N-dealkylation sites (tertiary alicyclic amines) is 1. The number of carbonyl (C=O) groups excluding carboxylic acids is 1. The number of nitrogens with zero attached hydrogens (tertiary/aromatic N) is 1. The van der Waals surface area contributed by atoms with Crippen LogP contribution in [0.5, 0.6) is 0 Å². The summed E-state index contributed by atoms with van der Waals surface area (Å²) in [6.45, 7) is 0.807. The lowest BCUT2D eigenvalue weighted by Crippen LogP contribution is -2.37. The molecule has 2 atom stereocenters. The van der Waals surface area contributed by atoms with Crippen molar-refractivity contribution in [1.29, 1.82) is 0 Å². The van der Waals surface area contributed by atoms with E-state index in [0.29, 0.717) is 25.1 Å². The van der Waals surface area contributed by atoms with Crippen molar-refractivity contribution in [3.8, 4) is 0 Å². The third-order valence-corrected chi connectivity index (χ3v) is 4.89. The smallest absolute Gasteiger partial charge is 0.311 e. The molecule has 1 saturated carbocycles. The number of hydrogen-bond acceptors (Lipinski definition) is 2. The second kappa shape index (κ2) is 5.13. The second-order valence-electron chi connectivity index (χ2n) is 6.13. The van der Waals surface area contributed by atoms with Crippen LogP contribution in [-0.4, -0.2) is 35.0 Å². The number of halogens is 1. The number of hydrogen-bond donors (Lipinski definition) is 1. The molecule has 0 unspecified atom stereocenters. The molecule has 0 spiro atoms. The quantitative estimate of drug-likeness (QED) is 0.927. The van der Waals surface area contributed by atoms with Gasteiger partial charge in [-0.3, -0.25) is 9.59 Å². The number of rotatable bonds is 3. The molecule has 2 fully saturated rings. The first kappa shape index (κ1) is 14.0. The Hall–Kier alpha value is -1.91. The molecule has 1 aromatic carbocycles. The lowest BCUT2D eigenvalue weighted by atomic mass is 9.81. The molecule has 4 nitrogen and oxygen atoms in total. The molecule has 3 rings (SSSR count). The molecule has 0 radical (unpaired) electrons. The zero-order valence-electron chi connectivity index (χ0n) is 11.7. The van der Waals surface area contributed by atoms with E-state index in [9.17, 15) is 19.1 Å². The molecule has 1 heterocycles. The molecule has 5 heteroatoms. The molecule has 1 amide bonds. The van der Waals surface area contributed by atoms with E-state index in [-0.39, 0.29) is 24.1 Å². The third kappa shape index (κ3) is 2.41. The monoisotopic (exact) mass is 291 g/mol. The predicted octanol–water partition coefficient (Wildman–Crippen LogP) is 2.08. The Morgan fingerprint density at radius 2 is 2.24 bits per heavy atom. The van der Waals surface area contributed by atoms with Crippen molar-refractivity contribution in [3.05, 3.63) is 35.6 Å². The minimum atomic E-state index is -0.786. The summed E-state index contributed by atoms with van der Waals surface area (Å²) in [4.78, 5) is 25.6. The van der Waals surface area contributed by atoms with Crippen LogP contribution in [0.15, 0.2) is 24.3 Å². The van der Waals surface area contributed by atoms with E-state index >= 15 is 0 Å². The minimum Gasteiger partial charge on any atom is -0.481 e. The lowest BCUT2D eigenvalue weighted by molar-refractivity contribution is -0.149. The zero-order chi connectivity index (χ0) is 15.0. The molecular weight excluding hydrogens is 273 g/mol. The molecular formula is C16H18FNO3. The molecule has 112 valence electrons. The van der Waals surface area contributed by atoms with Crippen LogP contribution in [0, 0.1) is 17.2 Å². The van der Waals surface area contributed by atoms with Crippen LogP contribution >= 0.6 is 0 Å². The molecule has 1 aliphatic heterocycles. The first-order chi connectivity index (χ1) is 10.0. The van der Waals surface area contributed by atoms with Crippen LogP contribution < -0.4 is 0 Å². The Labute approximate surface area is 122 Å². The van der Waals surface area contributed by atoms with Gasteiger partial charge in [0, 0.05) is 13.1 Å². The summed E-state index contributed by atoms with van der Waals surface area (Å²) in [5.41, 5.74) is -0.126.